The Hall–Kier alpha value is -2.70. The fourth-order valence-electron chi connectivity index (χ4n) is 2.82. The lowest BCUT2D eigenvalue weighted by Crippen LogP contribution is -2.49. The van der Waals surface area contributed by atoms with E-state index in [0.29, 0.717) is 38.6 Å². The Morgan fingerprint density at radius 3 is 2.48 bits per heavy atom. The third kappa shape index (κ3) is 4.04. The van der Waals surface area contributed by atoms with Crippen molar-refractivity contribution in [2.75, 3.05) is 37.7 Å². The molecule has 0 unspecified atom stereocenters. The molecule has 2 heterocycles. The number of benzene rings is 1. The van der Waals surface area contributed by atoms with Crippen molar-refractivity contribution in [3.8, 4) is 11.3 Å². The summed E-state index contributed by atoms with van der Waals surface area (Å²) in [6, 6.07) is 8.16. The highest BCUT2D eigenvalue weighted by atomic mass is 19.1. The first-order chi connectivity index (χ1) is 12.1. The van der Waals surface area contributed by atoms with E-state index < -0.39 is 0 Å². The number of aryl methyl sites for hydroxylation is 1. The van der Waals surface area contributed by atoms with Crippen LogP contribution in [0.25, 0.3) is 11.3 Å². The summed E-state index contributed by atoms with van der Waals surface area (Å²) < 4.78 is 18.2. The highest BCUT2D eigenvalue weighted by molar-refractivity contribution is 5.68. The number of aromatic nitrogens is 2. The van der Waals surface area contributed by atoms with Gasteiger partial charge in [0, 0.05) is 37.8 Å². The van der Waals surface area contributed by atoms with Crippen LogP contribution in [0.3, 0.4) is 0 Å². The van der Waals surface area contributed by atoms with Gasteiger partial charge in [-0.05, 0) is 38.1 Å². The Labute approximate surface area is 146 Å². The predicted octanol–water partition coefficient (Wildman–Crippen LogP) is 2.87. The molecule has 1 aliphatic rings. The average Bonchev–Trinajstić information content (AvgIpc) is 2.62. The van der Waals surface area contributed by atoms with E-state index in [1.807, 2.05) is 13.0 Å². The number of anilines is 1. The molecule has 0 atom stereocenters. The zero-order valence-corrected chi connectivity index (χ0v) is 14.4. The van der Waals surface area contributed by atoms with E-state index in [1.165, 1.54) is 12.1 Å². The molecule has 1 aliphatic heterocycles. The third-order valence-corrected chi connectivity index (χ3v) is 4.09. The van der Waals surface area contributed by atoms with Crippen molar-refractivity contribution in [1.82, 2.24) is 14.9 Å². The van der Waals surface area contributed by atoms with Crippen LogP contribution in [-0.2, 0) is 4.74 Å². The first kappa shape index (κ1) is 17.1. The summed E-state index contributed by atoms with van der Waals surface area (Å²) in [7, 11) is 0. The largest absolute Gasteiger partial charge is 0.450 e. The van der Waals surface area contributed by atoms with Gasteiger partial charge in [0.1, 0.15) is 17.5 Å². The summed E-state index contributed by atoms with van der Waals surface area (Å²) >= 11 is 0. The van der Waals surface area contributed by atoms with Crippen LogP contribution in [-0.4, -0.2) is 53.7 Å². The zero-order valence-electron chi connectivity index (χ0n) is 14.4. The van der Waals surface area contributed by atoms with Crippen molar-refractivity contribution in [1.29, 1.82) is 0 Å². The van der Waals surface area contributed by atoms with Gasteiger partial charge in [0.2, 0.25) is 0 Å². The fraction of sp³-hybridized carbons (Fsp3) is 0.389. The van der Waals surface area contributed by atoms with E-state index >= 15 is 0 Å². The van der Waals surface area contributed by atoms with E-state index in [4.69, 9.17) is 4.74 Å². The molecule has 7 heteroatoms. The first-order valence-corrected chi connectivity index (χ1v) is 8.35. The fourth-order valence-corrected chi connectivity index (χ4v) is 2.82. The second kappa shape index (κ2) is 7.46. The smallest absolute Gasteiger partial charge is 0.409 e. The van der Waals surface area contributed by atoms with Crippen LogP contribution >= 0.6 is 0 Å². The van der Waals surface area contributed by atoms with E-state index in [9.17, 15) is 9.18 Å². The van der Waals surface area contributed by atoms with Gasteiger partial charge in [-0.25, -0.2) is 19.2 Å². The number of rotatable bonds is 3. The summed E-state index contributed by atoms with van der Waals surface area (Å²) in [5.74, 6) is 1.20. The van der Waals surface area contributed by atoms with Crippen LogP contribution in [0.5, 0.6) is 0 Å². The monoisotopic (exact) mass is 344 g/mol. The van der Waals surface area contributed by atoms with Crippen molar-refractivity contribution < 1.29 is 13.9 Å². The molecule has 0 bridgehead atoms. The molecule has 2 aromatic rings. The predicted molar refractivity (Wildman–Crippen MR) is 93.0 cm³/mol. The Balaban J connectivity index is 1.75. The summed E-state index contributed by atoms with van der Waals surface area (Å²) in [6.07, 6.45) is -0.270. The van der Waals surface area contributed by atoms with Crippen LogP contribution in [0.2, 0.25) is 0 Å². The molecule has 1 amide bonds. The van der Waals surface area contributed by atoms with Gasteiger partial charge in [-0.15, -0.1) is 0 Å². The van der Waals surface area contributed by atoms with Gasteiger partial charge in [0.05, 0.1) is 12.3 Å². The van der Waals surface area contributed by atoms with Crippen molar-refractivity contribution in [3.63, 3.8) is 0 Å². The Morgan fingerprint density at radius 1 is 1.16 bits per heavy atom. The lowest BCUT2D eigenvalue weighted by molar-refractivity contribution is 0.105. The van der Waals surface area contributed by atoms with Gasteiger partial charge in [0.25, 0.3) is 0 Å². The lowest BCUT2D eigenvalue weighted by Gasteiger charge is -2.34. The molecule has 1 aromatic heterocycles. The molecule has 6 nitrogen and oxygen atoms in total. The highest BCUT2D eigenvalue weighted by Crippen LogP contribution is 2.23. The minimum atomic E-state index is -0.273. The van der Waals surface area contributed by atoms with Gasteiger partial charge in [-0.1, -0.05) is 0 Å². The van der Waals surface area contributed by atoms with Crippen molar-refractivity contribution in [2.24, 2.45) is 0 Å². The van der Waals surface area contributed by atoms with E-state index in [2.05, 4.69) is 14.9 Å². The molecular formula is C18H21FN4O2. The SMILES string of the molecule is CCOC(=O)N1CCN(c2cc(-c3ccc(F)cc3)nc(C)n2)CC1. The summed E-state index contributed by atoms with van der Waals surface area (Å²) in [5.41, 5.74) is 1.61. The molecule has 1 fully saturated rings. The van der Waals surface area contributed by atoms with Crippen LogP contribution in [0, 0.1) is 12.7 Å². The number of ether oxygens (including phenoxy) is 1. The molecule has 25 heavy (non-hydrogen) atoms. The molecule has 0 N–H and O–H groups in total. The van der Waals surface area contributed by atoms with Gasteiger partial charge >= 0.3 is 6.09 Å². The maximum atomic E-state index is 13.1. The number of carbonyl (C=O) groups excluding carboxylic acids is 1. The molecule has 1 saturated heterocycles. The second-order valence-electron chi connectivity index (χ2n) is 5.84. The average molecular weight is 344 g/mol. The molecule has 0 spiro atoms. The molecule has 0 saturated carbocycles. The Morgan fingerprint density at radius 2 is 1.84 bits per heavy atom. The van der Waals surface area contributed by atoms with Gasteiger partial charge < -0.3 is 14.5 Å². The van der Waals surface area contributed by atoms with Crippen LogP contribution in [0.4, 0.5) is 15.0 Å². The lowest BCUT2D eigenvalue weighted by atomic mass is 10.1. The van der Waals surface area contributed by atoms with Gasteiger partial charge in [0.15, 0.2) is 0 Å². The van der Waals surface area contributed by atoms with Crippen molar-refractivity contribution in [3.05, 3.63) is 42.0 Å². The minimum Gasteiger partial charge on any atom is -0.450 e. The standard InChI is InChI=1S/C18H21FN4O2/c1-3-25-18(24)23-10-8-22(9-11-23)17-12-16(20-13(2)21-17)14-4-6-15(19)7-5-14/h4-7,12H,3,8-11H2,1-2H3. The minimum absolute atomic E-state index is 0.270. The molecule has 3 rings (SSSR count). The molecular weight excluding hydrogens is 323 g/mol. The quantitative estimate of drug-likeness (QED) is 0.857. The zero-order chi connectivity index (χ0) is 17.8. The Kier molecular flexibility index (Phi) is 5.11. The van der Waals surface area contributed by atoms with E-state index in [1.54, 1.807) is 24.0 Å². The molecule has 0 aliphatic carbocycles. The maximum absolute atomic E-state index is 13.1. The number of halogens is 1. The maximum Gasteiger partial charge on any atom is 0.409 e. The normalized spacial score (nSPS) is 14.5. The number of hydrogen-bond donors (Lipinski definition) is 0. The number of piperazine rings is 1. The first-order valence-electron chi connectivity index (χ1n) is 8.35. The molecule has 0 radical (unpaired) electrons. The number of amides is 1. The van der Waals surface area contributed by atoms with Crippen LogP contribution in [0.15, 0.2) is 30.3 Å². The van der Waals surface area contributed by atoms with Crippen molar-refractivity contribution >= 4 is 11.9 Å². The van der Waals surface area contributed by atoms with E-state index in [0.717, 1.165) is 17.1 Å². The van der Waals surface area contributed by atoms with Crippen LogP contribution < -0.4 is 4.90 Å². The summed E-state index contributed by atoms with van der Waals surface area (Å²) in [4.78, 5) is 24.6. The molecule has 132 valence electrons. The van der Waals surface area contributed by atoms with Gasteiger partial charge in [-0.2, -0.15) is 0 Å². The van der Waals surface area contributed by atoms with Crippen molar-refractivity contribution in [2.45, 2.75) is 13.8 Å². The van der Waals surface area contributed by atoms with Crippen LogP contribution in [0.1, 0.15) is 12.7 Å². The van der Waals surface area contributed by atoms with E-state index in [-0.39, 0.29) is 11.9 Å². The molecule has 1 aromatic carbocycles. The Bertz CT molecular complexity index is 743. The number of carbonyl (C=O) groups is 1. The number of hydrogen-bond acceptors (Lipinski definition) is 5. The summed E-state index contributed by atoms with van der Waals surface area (Å²) in [5, 5.41) is 0. The van der Waals surface area contributed by atoms with Gasteiger partial charge in [-0.3, -0.25) is 0 Å². The highest BCUT2D eigenvalue weighted by Gasteiger charge is 2.23. The second-order valence-corrected chi connectivity index (χ2v) is 5.84. The third-order valence-electron chi connectivity index (χ3n) is 4.09. The summed E-state index contributed by atoms with van der Waals surface area (Å²) in [6.45, 7) is 6.56. The topological polar surface area (TPSA) is 58.6 Å². The number of nitrogens with zero attached hydrogens (tertiary/aromatic N) is 4.